The highest BCUT2D eigenvalue weighted by atomic mass is 19.1. The predicted octanol–water partition coefficient (Wildman–Crippen LogP) is 3.63. The number of aliphatic carboxylic acids is 1. The molecule has 19 heavy (non-hydrogen) atoms. The number of benzene rings is 1. The normalized spacial score (nSPS) is 12.8. The molecular weight excluding hydrogens is 247 g/mol. The van der Waals surface area contributed by atoms with E-state index in [0.29, 0.717) is 17.7 Å². The Morgan fingerprint density at radius 1 is 1.47 bits per heavy atom. The van der Waals surface area contributed by atoms with Gasteiger partial charge in [0.1, 0.15) is 5.82 Å². The number of carboxylic acid groups (broad SMARTS) is 1. The molecule has 0 spiro atoms. The SMILES string of the molecule is CCCC(C)OCc1cc(F)cc(/C=C/C(=O)O)c1. The lowest BCUT2D eigenvalue weighted by atomic mass is 10.1. The summed E-state index contributed by atoms with van der Waals surface area (Å²) in [4.78, 5) is 10.4. The largest absolute Gasteiger partial charge is 0.478 e. The van der Waals surface area contributed by atoms with Crippen molar-refractivity contribution in [2.24, 2.45) is 0 Å². The molecule has 1 unspecified atom stereocenters. The van der Waals surface area contributed by atoms with Crippen LogP contribution in [0.25, 0.3) is 6.08 Å². The van der Waals surface area contributed by atoms with Gasteiger partial charge in [-0.1, -0.05) is 13.3 Å². The molecule has 0 aliphatic rings. The summed E-state index contributed by atoms with van der Waals surface area (Å²) in [7, 11) is 0. The molecule has 1 aromatic carbocycles. The predicted molar refractivity (Wildman–Crippen MR) is 72.2 cm³/mol. The first-order valence-corrected chi connectivity index (χ1v) is 6.33. The second kappa shape index (κ2) is 7.69. The Kier molecular flexibility index (Phi) is 6.22. The van der Waals surface area contributed by atoms with Crippen molar-refractivity contribution in [2.45, 2.75) is 39.4 Å². The fraction of sp³-hybridized carbons (Fsp3) is 0.400. The Balaban J connectivity index is 2.71. The van der Waals surface area contributed by atoms with Crippen molar-refractivity contribution in [1.29, 1.82) is 0 Å². The molecule has 104 valence electrons. The van der Waals surface area contributed by atoms with Gasteiger partial charge in [0.2, 0.25) is 0 Å². The number of rotatable bonds is 7. The van der Waals surface area contributed by atoms with E-state index in [0.717, 1.165) is 18.9 Å². The maximum atomic E-state index is 13.4. The van der Waals surface area contributed by atoms with Gasteiger partial charge < -0.3 is 9.84 Å². The fourth-order valence-electron chi connectivity index (χ4n) is 1.75. The van der Waals surface area contributed by atoms with E-state index >= 15 is 0 Å². The number of carbonyl (C=O) groups is 1. The molecule has 0 heterocycles. The highest BCUT2D eigenvalue weighted by Crippen LogP contribution is 2.13. The van der Waals surface area contributed by atoms with Gasteiger partial charge in [0.05, 0.1) is 12.7 Å². The van der Waals surface area contributed by atoms with Crippen LogP contribution in [0.2, 0.25) is 0 Å². The lowest BCUT2D eigenvalue weighted by molar-refractivity contribution is -0.131. The number of hydrogen-bond acceptors (Lipinski definition) is 2. The summed E-state index contributed by atoms with van der Waals surface area (Å²) in [6, 6.07) is 4.41. The molecule has 1 aromatic rings. The van der Waals surface area contributed by atoms with Crippen LogP contribution in [0.5, 0.6) is 0 Å². The van der Waals surface area contributed by atoms with Crippen LogP contribution in [0.15, 0.2) is 24.3 Å². The molecule has 0 fully saturated rings. The van der Waals surface area contributed by atoms with Crippen LogP contribution in [0, 0.1) is 5.82 Å². The summed E-state index contributed by atoms with van der Waals surface area (Å²) < 4.78 is 19.0. The van der Waals surface area contributed by atoms with E-state index in [9.17, 15) is 9.18 Å². The number of halogens is 1. The zero-order chi connectivity index (χ0) is 14.3. The molecule has 1 atom stereocenters. The van der Waals surface area contributed by atoms with E-state index in [-0.39, 0.29) is 6.10 Å². The average Bonchev–Trinajstić information content (AvgIpc) is 2.34. The number of ether oxygens (including phenoxy) is 1. The molecule has 0 radical (unpaired) electrons. The van der Waals surface area contributed by atoms with Crippen molar-refractivity contribution in [3.05, 3.63) is 41.2 Å². The van der Waals surface area contributed by atoms with Crippen molar-refractivity contribution >= 4 is 12.0 Å². The topological polar surface area (TPSA) is 46.5 Å². The van der Waals surface area contributed by atoms with Gasteiger partial charge in [0.15, 0.2) is 0 Å². The summed E-state index contributed by atoms with van der Waals surface area (Å²) in [6.45, 7) is 4.39. The maximum Gasteiger partial charge on any atom is 0.328 e. The van der Waals surface area contributed by atoms with Gasteiger partial charge in [-0.25, -0.2) is 9.18 Å². The number of carboxylic acids is 1. The van der Waals surface area contributed by atoms with Crippen LogP contribution in [0.1, 0.15) is 37.8 Å². The number of hydrogen-bond donors (Lipinski definition) is 1. The summed E-state index contributed by atoms with van der Waals surface area (Å²) >= 11 is 0. The summed E-state index contributed by atoms with van der Waals surface area (Å²) in [5, 5.41) is 8.54. The second-order valence-corrected chi connectivity index (χ2v) is 4.47. The van der Waals surface area contributed by atoms with Crippen LogP contribution in [-0.2, 0) is 16.1 Å². The minimum absolute atomic E-state index is 0.131. The van der Waals surface area contributed by atoms with E-state index in [1.807, 2.05) is 6.92 Å². The molecular formula is C15H19FO3. The Morgan fingerprint density at radius 2 is 2.21 bits per heavy atom. The van der Waals surface area contributed by atoms with E-state index in [2.05, 4.69) is 6.92 Å². The van der Waals surface area contributed by atoms with Crippen LogP contribution >= 0.6 is 0 Å². The maximum absolute atomic E-state index is 13.4. The lowest BCUT2D eigenvalue weighted by Gasteiger charge is -2.12. The molecule has 0 amide bonds. The zero-order valence-corrected chi connectivity index (χ0v) is 11.2. The molecule has 0 aliphatic heterocycles. The molecule has 0 saturated heterocycles. The van der Waals surface area contributed by atoms with Crippen LogP contribution < -0.4 is 0 Å². The van der Waals surface area contributed by atoms with Crippen molar-refractivity contribution in [2.75, 3.05) is 0 Å². The molecule has 1 rings (SSSR count). The first-order valence-electron chi connectivity index (χ1n) is 6.33. The molecule has 4 heteroatoms. The molecule has 0 saturated carbocycles. The summed E-state index contributed by atoms with van der Waals surface area (Å²) in [6.07, 6.45) is 4.48. The van der Waals surface area contributed by atoms with Gasteiger partial charge in [-0.15, -0.1) is 0 Å². The van der Waals surface area contributed by atoms with Crippen LogP contribution in [0.3, 0.4) is 0 Å². The van der Waals surface area contributed by atoms with Crippen molar-refractivity contribution in [1.82, 2.24) is 0 Å². The first-order chi connectivity index (χ1) is 9.01. The second-order valence-electron chi connectivity index (χ2n) is 4.47. The van der Waals surface area contributed by atoms with E-state index in [1.165, 1.54) is 18.2 Å². The average molecular weight is 266 g/mol. The molecule has 1 N–H and O–H groups in total. The third-order valence-electron chi connectivity index (χ3n) is 2.63. The quantitative estimate of drug-likeness (QED) is 0.766. The van der Waals surface area contributed by atoms with Crippen molar-refractivity contribution in [3.8, 4) is 0 Å². The molecule has 0 aromatic heterocycles. The molecule has 3 nitrogen and oxygen atoms in total. The highest BCUT2D eigenvalue weighted by Gasteiger charge is 2.04. The van der Waals surface area contributed by atoms with Crippen LogP contribution in [0.4, 0.5) is 4.39 Å². The van der Waals surface area contributed by atoms with Gasteiger partial charge in [-0.2, -0.15) is 0 Å². The molecule has 0 bridgehead atoms. The summed E-state index contributed by atoms with van der Waals surface area (Å²) in [5.74, 6) is -1.45. The third-order valence-corrected chi connectivity index (χ3v) is 2.63. The monoisotopic (exact) mass is 266 g/mol. The molecule has 0 aliphatic carbocycles. The lowest BCUT2D eigenvalue weighted by Crippen LogP contribution is -2.07. The highest BCUT2D eigenvalue weighted by molar-refractivity contribution is 5.85. The van der Waals surface area contributed by atoms with Crippen molar-refractivity contribution < 1.29 is 19.0 Å². The Hall–Kier alpha value is -1.68. The smallest absolute Gasteiger partial charge is 0.328 e. The van der Waals surface area contributed by atoms with Gasteiger partial charge in [0.25, 0.3) is 0 Å². The van der Waals surface area contributed by atoms with Gasteiger partial charge in [0, 0.05) is 6.08 Å². The standard InChI is InChI=1S/C15H19FO3/c1-3-4-11(2)19-10-13-7-12(5-6-15(17)18)8-14(16)9-13/h5-9,11H,3-4,10H2,1-2H3,(H,17,18)/b6-5+. The van der Waals surface area contributed by atoms with E-state index in [4.69, 9.17) is 9.84 Å². The van der Waals surface area contributed by atoms with Gasteiger partial charge >= 0.3 is 5.97 Å². The fourth-order valence-corrected chi connectivity index (χ4v) is 1.75. The van der Waals surface area contributed by atoms with E-state index < -0.39 is 11.8 Å². The van der Waals surface area contributed by atoms with Crippen molar-refractivity contribution in [3.63, 3.8) is 0 Å². The Morgan fingerprint density at radius 3 is 2.84 bits per heavy atom. The third kappa shape index (κ3) is 6.15. The zero-order valence-electron chi connectivity index (χ0n) is 11.2. The Bertz CT molecular complexity index is 455. The first kappa shape index (κ1) is 15.4. The summed E-state index contributed by atoms with van der Waals surface area (Å²) in [5.41, 5.74) is 1.22. The minimum Gasteiger partial charge on any atom is -0.478 e. The van der Waals surface area contributed by atoms with Gasteiger partial charge in [-0.3, -0.25) is 0 Å². The van der Waals surface area contributed by atoms with E-state index in [1.54, 1.807) is 6.07 Å². The van der Waals surface area contributed by atoms with Crippen LogP contribution in [-0.4, -0.2) is 17.2 Å². The Labute approximate surface area is 112 Å². The minimum atomic E-state index is -1.06. The van der Waals surface area contributed by atoms with Gasteiger partial charge in [-0.05, 0) is 48.7 Å².